The highest BCUT2D eigenvalue weighted by Gasteiger charge is 2.13. The van der Waals surface area contributed by atoms with Gasteiger partial charge in [0.15, 0.2) is 0 Å². The summed E-state index contributed by atoms with van der Waals surface area (Å²) >= 11 is 6.03. The fourth-order valence-electron chi connectivity index (χ4n) is 2.09. The van der Waals surface area contributed by atoms with Crippen LogP contribution in [0.15, 0.2) is 42.5 Å². The minimum atomic E-state index is -0.764. The normalized spacial score (nSPS) is 12.5. The van der Waals surface area contributed by atoms with Gasteiger partial charge in [0.05, 0.1) is 12.2 Å². The molecule has 0 bridgehead atoms. The lowest BCUT2D eigenvalue weighted by molar-refractivity contribution is 0.177. The Kier molecular flexibility index (Phi) is 5.21. The Balaban J connectivity index is 2.16. The zero-order valence-corrected chi connectivity index (χ0v) is 12.8. The maximum absolute atomic E-state index is 13.2. The average Bonchev–Trinajstić information content (AvgIpc) is 2.42. The van der Waals surface area contributed by atoms with Gasteiger partial charge in [-0.05, 0) is 55.3 Å². The van der Waals surface area contributed by atoms with Gasteiger partial charge in [0.25, 0.3) is 0 Å². The number of hydrogen-bond acceptors (Lipinski definition) is 2. The lowest BCUT2D eigenvalue weighted by Crippen LogP contribution is -2.07. The van der Waals surface area contributed by atoms with E-state index in [0.29, 0.717) is 21.9 Å². The average molecular weight is 309 g/mol. The van der Waals surface area contributed by atoms with E-state index in [1.807, 2.05) is 32.0 Å². The molecule has 0 aromatic heterocycles. The van der Waals surface area contributed by atoms with Crippen molar-refractivity contribution >= 4 is 11.6 Å². The van der Waals surface area contributed by atoms with Crippen molar-refractivity contribution in [3.63, 3.8) is 0 Å². The van der Waals surface area contributed by atoms with Gasteiger partial charge in [-0.2, -0.15) is 0 Å². The predicted molar refractivity (Wildman–Crippen MR) is 82.3 cm³/mol. The Morgan fingerprint density at radius 3 is 2.67 bits per heavy atom. The lowest BCUT2D eigenvalue weighted by atomic mass is 10.0. The summed E-state index contributed by atoms with van der Waals surface area (Å²) in [5.74, 6) is 0.338. The van der Waals surface area contributed by atoms with Crippen LogP contribution >= 0.6 is 11.6 Å². The van der Waals surface area contributed by atoms with Crippen molar-refractivity contribution in [1.29, 1.82) is 0 Å². The second-order valence-corrected chi connectivity index (χ2v) is 5.60. The van der Waals surface area contributed by atoms with Crippen molar-refractivity contribution in [2.75, 3.05) is 0 Å². The monoisotopic (exact) mass is 308 g/mol. The van der Waals surface area contributed by atoms with E-state index < -0.39 is 6.10 Å². The molecule has 2 rings (SSSR count). The van der Waals surface area contributed by atoms with E-state index in [4.69, 9.17) is 16.3 Å². The van der Waals surface area contributed by atoms with Gasteiger partial charge in [-0.15, -0.1) is 0 Å². The van der Waals surface area contributed by atoms with Crippen molar-refractivity contribution in [2.24, 2.45) is 0 Å². The van der Waals surface area contributed by atoms with E-state index in [2.05, 4.69) is 0 Å². The van der Waals surface area contributed by atoms with E-state index in [1.54, 1.807) is 6.07 Å². The Bertz CT molecular complexity index is 613. The van der Waals surface area contributed by atoms with Crippen LogP contribution in [0, 0.1) is 5.82 Å². The molecule has 0 aliphatic heterocycles. The molecule has 0 radical (unpaired) electrons. The Morgan fingerprint density at radius 2 is 1.95 bits per heavy atom. The van der Waals surface area contributed by atoms with Crippen LogP contribution in [0.1, 0.15) is 31.1 Å². The third kappa shape index (κ3) is 4.45. The number of rotatable bonds is 5. The Morgan fingerprint density at radius 1 is 1.19 bits per heavy atom. The summed E-state index contributed by atoms with van der Waals surface area (Å²) in [5.41, 5.74) is 1.30. The molecule has 0 aliphatic carbocycles. The van der Waals surface area contributed by atoms with Crippen LogP contribution in [0.25, 0.3) is 0 Å². The lowest BCUT2D eigenvalue weighted by Gasteiger charge is -2.15. The van der Waals surface area contributed by atoms with Gasteiger partial charge in [0.2, 0.25) is 0 Å². The molecule has 0 aliphatic rings. The molecule has 0 saturated carbocycles. The Hall–Kier alpha value is -1.58. The molecule has 4 heteroatoms. The van der Waals surface area contributed by atoms with Gasteiger partial charge >= 0.3 is 0 Å². The van der Waals surface area contributed by atoms with Gasteiger partial charge in [-0.1, -0.05) is 23.7 Å². The maximum Gasteiger partial charge on any atom is 0.123 e. The van der Waals surface area contributed by atoms with Gasteiger partial charge in [-0.25, -0.2) is 4.39 Å². The molecule has 2 aromatic carbocycles. The van der Waals surface area contributed by atoms with Gasteiger partial charge in [0, 0.05) is 11.4 Å². The first-order chi connectivity index (χ1) is 9.95. The highest BCUT2D eigenvalue weighted by Crippen LogP contribution is 2.26. The molecular weight excluding hydrogens is 291 g/mol. The molecule has 0 fully saturated rings. The summed E-state index contributed by atoms with van der Waals surface area (Å²) in [7, 11) is 0. The molecule has 2 nitrogen and oxygen atoms in total. The van der Waals surface area contributed by atoms with E-state index >= 15 is 0 Å². The zero-order chi connectivity index (χ0) is 15.4. The smallest absolute Gasteiger partial charge is 0.123 e. The van der Waals surface area contributed by atoms with Crippen LogP contribution in [-0.2, 0) is 6.42 Å². The van der Waals surface area contributed by atoms with Crippen LogP contribution < -0.4 is 4.74 Å². The molecule has 1 atom stereocenters. The van der Waals surface area contributed by atoms with Crippen molar-refractivity contribution in [3.05, 3.63) is 64.4 Å². The van der Waals surface area contributed by atoms with Gasteiger partial charge in [0.1, 0.15) is 11.6 Å². The minimum absolute atomic E-state index is 0.0649. The highest BCUT2D eigenvalue weighted by atomic mass is 35.5. The van der Waals surface area contributed by atoms with E-state index in [0.717, 1.165) is 0 Å². The van der Waals surface area contributed by atoms with Crippen molar-refractivity contribution in [2.45, 2.75) is 32.5 Å². The van der Waals surface area contributed by atoms with E-state index in [1.165, 1.54) is 18.2 Å². The molecule has 1 N–H and O–H groups in total. The first-order valence-corrected chi connectivity index (χ1v) is 7.22. The van der Waals surface area contributed by atoms with Crippen LogP contribution in [0.3, 0.4) is 0 Å². The third-order valence-electron chi connectivity index (χ3n) is 3.04. The zero-order valence-electron chi connectivity index (χ0n) is 12.0. The van der Waals surface area contributed by atoms with Crippen LogP contribution in [0.4, 0.5) is 4.39 Å². The third-order valence-corrected chi connectivity index (χ3v) is 3.40. The molecule has 112 valence electrons. The predicted octanol–water partition coefficient (Wildman–Crippen LogP) is 4.54. The van der Waals surface area contributed by atoms with Crippen molar-refractivity contribution < 1.29 is 14.2 Å². The van der Waals surface area contributed by atoms with Crippen molar-refractivity contribution in [1.82, 2.24) is 0 Å². The largest absolute Gasteiger partial charge is 0.491 e. The molecular formula is C17H18ClFO2. The summed E-state index contributed by atoms with van der Waals surface area (Å²) < 4.78 is 18.8. The number of aliphatic hydroxyl groups excluding tert-OH is 1. The summed E-state index contributed by atoms with van der Waals surface area (Å²) in [6.45, 7) is 3.88. The minimum Gasteiger partial charge on any atom is -0.491 e. The summed E-state index contributed by atoms with van der Waals surface area (Å²) in [4.78, 5) is 0. The SMILES string of the molecule is CC(C)Oc1cccc(C(O)Cc2cc(F)ccc2Cl)c1. The fourth-order valence-corrected chi connectivity index (χ4v) is 2.29. The molecule has 0 spiro atoms. The number of benzene rings is 2. The number of halogens is 2. The topological polar surface area (TPSA) is 29.5 Å². The summed E-state index contributed by atoms with van der Waals surface area (Å²) in [6, 6.07) is 11.4. The van der Waals surface area contributed by atoms with Gasteiger partial charge in [-0.3, -0.25) is 0 Å². The van der Waals surface area contributed by atoms with Gasteiger partial charge < -0.3 is 9.84 Å². The summed E-state index contributed by atoms with van der Waals surface area (Å²) in [5, 5.41) is 10.8. The number of ether oxygens (including phenoxy) is 1. The summed E-state index contributed by atoms with van der Waals surface area (Å²) in [6.07, 6.45) is -0.447. The molecule has 0 heterocycles. The molecule has 1 unspecified atom stereocenters. The van der Waals surface area contributed by atoms with Crippen molar-refractivity contribution in [3.8, 4) is 5.75 Å². The number of hydrogen-bond donors (Lipinski definition) is 1. The van der Waals surface area contributed by atoms with E-state index in [9.17, 15) is 9.50 Å². The first kappa shape index (κ1) is 15.8. The standard InChI is InChI=1S/C17H18ClFO2/c1-11(2)21-15-5-3-4-12(9-15)17(20)10-13-8-14(19)6-7-16(13)18/h3-9,11,17,20H,10H2,1-2H3. The van der Waals surface area contributed by atoms with Crippen LogP contribution in [-0.4, -0.2) is 11.2 Å². The van der Waals surface area contributed by atoms with E-state index in [-0.39, 0.29) is 18.3 Å². The fraction of sp³-hybridized carbons (Fsp3) is 0.294. The molecule has 2 aromatic rings. The quantitative estimate of drug-likeness (QED) is 0.878. The molecule has 0 saturated heterocycles. The van der Waals surface area contributed by atoms with Crippen LogP contribution in [0.2, 0.25) is 5.02 Å². The maximum atomic E-state index is 13.2. The Labute approximate surface area is 129 Å². The highest BCUT2D eigenvalue weighted by molar-refractivity contribution is 6.31. The second kappa shape index (κ2) is 6.92. The first-order valence-electron chi connectivity index (χ1n) is 6.84. The number of aliphatic hydroxyl groups is 1. The van der Waals surface area contributed by atoms with Crippen LogP contribution in [0.5, 0.6) is 5.75 Å². The second-order valence-electron chi connectivity index (χ2n) is 5.19. The molecule has 0 amide bonds. The molecule has 21 heavy (non-hydrogen) atoms.